The summed E-state index contributed by atoms with van der Waals surface area (Å²) in [6, 6.07) is 18.2. The topological polar surface area (TPSA) is 118 Å². The summed E-state index contributed by atoms with van der Waals surface area (Å²) >= 11 is 11.9. The second-order valence-corrected chi connectivity index (χ2v) is 7.64. The predicted octanol–water partition coefficient (Wildman–Crippen LogP) is 4.11. The smallest absolute Gasteiger partial charge is 0.329 e. The van der Waals surface area contributed by atoms with Crippen molar-refractivity contribution in [2.45, 2.75) is 0 Å². The minimum Gasteiger partial charge on any atom is -0.497 e. The van der Waals surface area contributed by atoms with Gasteiger partial charge in [-0.2, -0.15) is 5.10 Å². The SMILES string of the molecule is COc1ccc(NC(=O)COc2ccccc2/C=N\NC(=O)C(=O)Nc2cccc(Cl)c2Cl)cc1. The van der Waals surface area contributed by atoms with Crippen LogP contribution in [0, 0.1) is 0 Å². The Morgan fingerprint density at radius 1 is 0.914 bits per heavy atom. The molecule has 35 heavy (non-hydrogen) atoms. The van der Waals surface area contributed by atoms with Crippen molar-refractivity contribution in [3.63, 3.8) is 0 Å². The van der Waals surface area contributed by atoms with Crippen molar-refractivity contribution in [1.82, 2.24) is 5.43 Å². The van der Waals surface area contributed by atoms with Crippen molar-refractivity contribution in [3.05, 3.63) is 82.3 Å². The lowest BCUT2D eigenvalue weighted by atomic mass is 10.2. The summed E-state index contributed by atoms with van der Waals surface area (Å²) in [4.78, 5) is 36.3. The van der Waals surface area contributed by atoms with Crippen molar-refractivity contribution in [2.75, 3.05) is 24.4 Å². The average molecular weight is 515 g/mol. The maximum Gasteiger partial charge on any atom is 0.329 e. The number of para-hydroxylation sites is 1. The molecular formula is C24H20Cl2N4O5. The molecular weight excluding hydrogens is 495 g/mol. The van der Waals surface area contributed by atoms with E-state index in [-0.39, 0.29) is 28.2 Å². The first kappa shape index (κ1) is 25.5. The summed E-state index contributed by atoms with van der Waals surface area (Å²) in [5.74, 6) is -1.34. The number of nitrogens with one attached hydrogen (secondary N) is 3. The van der Waals surface area contributed by atoms with Gasteiger partial charge >= 0.3 is 11.8 Å². The van der Waals surface area contributed by atoms with Gasteiger partial charge in [-0.1, -0.05) is 41.4 Å². The van der Waals surface area contributed by atoms with Crippen molar-refractivity contribution >= 4 is 58.5 Å². The number of rotatable bonds is 8. The zero-order chi connectivity index (χ0) is 25.2. The van der Waals surface area contributed by atoms with Gasteiger partial charge in [0.05, 0.1) is 29.1 Å². The van der Waals surface area contributed by atoms with E-state index in [1.807, 2.05) is 0 Å². The molecule has 3 aromatic carbocycles. The Morgan fingerprint density at radius 3 is 2.40 bits per heavy atom. The van der Waals surface area contributed by atoms with Crippen LogP contribution in [0.4, 0.5) is 11.4 Å². The summed E-state index contributed by atoms with van der Waals surface area (Å²) < 4.78 is 10.7. The van der Waals surface area contributed by atoms with Gasteiger partial charge in [0, 0.05) is 11.3 Å². The minimum absolute atomic E-state index is 0.112. The number of methoxy groups -OCH3 is 1. The van der Waals surface area contributed by atoms with Gasteiger partial charge < -0.3 is 20.1 Å². The van der Waals surface area contributed by atoms with Crippen LogP contribution in [0.1, 0.15) is 5.56 Å². The molecule has 0 saturated carbocycles. The van der Waals surface area contributed by atoms with E-state index in [2.05, 4.69) is 21.2 Å². The van der Waals surface area contributed by atoms with Gasteiger partial charge in [-0.15, -0.1) is 0 Å². The monoisotopic (exact) mass is 514 g/mol. The Morgan fingerprint density at radius 2 is 1.66 bits per heavy atom. The standard InChI is InChI=1S/C24H20Cl2N4O5/c1-34-17-11-9-16(10-12-17)28-21(31)14-35-20-8-3-2-5-15(20)13-27-30-24(33)23(32)29-19-7-4-6-18(25)22(19)26/h2-13H,14H2,1H3,(H,28,31)(H,29,32)(H,30,33)/b27-13-. The minimum atomic E-state index is -1.02. The van der Waals surface area contributed by atoms with Crippen molar-refractivity contribution < 1.29 is 23.9 Å². The van der Waals surface area contributed by atoms with Crippen LogP contribution in [0.5, 0.6) is 11.5 Å². The van der Waals surface area contributed by atoms with Gasteiger partial charge in [-0.05, 0) is 48.5 Å². The largest absolute Gasteiger partial charge is 0.497 e. The molecule has 3 rings (SSSR count). The van der Waals surface area contributed by atoms with Gasteiger partial charge in [-0.3, -0.25) is 14.4 Å². The highest BCUT2D eigenvalue weighted by Crippen LogP contribution is 2.29. The molecule has 3 N–H and O–H groups in total. The zero-order valence-electron chi connectivity index (χ0n) is 18.4. The number of amides is 3. The first-order chi connectivity index (χ1) is 16.9. The number of carbonyl (C=O) groups is 3. The zero-order valence-corrected chi connectivity index (χ0v) is 19.9. The summed E-state index contributed by atoms with van der Waals surface area (Å²) in [5.41, 5.74) is 3.37. The number of anilines is 2. The van der Waals surface area contributed by atoms with E-state index in [0.29, 0.717) is 22.7 Å². The first-order valence-corrected chi connectivity index (χ1v) is 10.9. The highest BCUT2D eigenvalue weighted by molar-refractivity contribution is 6.45. The normalized spacial score (nSPS) is 10.5. The second kappa shape index (κ2) is 12.4. The average Bonchev–Trinajstić information content (AvgIpc) is 2.86. The molecule has 0 unspecified atom stereocenters. The number of carbonyl (C=O) groups excluding carboxylic acids is 3. The Balaban J connectivity index is 1.53. The fourth-order valence-electron chi connectivity index (χ4n) is 2.72. The third kappa shape index (κ3) is 7.46. The highest BCUT2D eigenvalue weighted by Gasteiger charge is 2.15. The van der Waals surface area contributed by atoms with Gasteiger partial charge in [-0.25, -0.2) is 5.43 Å². The maximum atomic E-state index is 12.2. The molecule has 9 nitrogen and oxygen atoms in total. The third-order valence-electron chi connectivity index (χ3n) is 4.43. The number of halogens is 2. The van der Waals surface area contributed by atoms with Gasteiger partial charge in [0.25, 0.3) is 5.91 Å². The Labute approximate surface area is 211 Å². The van der Waals surface area contributed by atoms with E-state index in [4.69, 9.17) is 32.7 Å². The second-order valence-electron chi connectivity index (χ2n) is 6.86. The first-order valence-electron chi connectivity index (χ1n) is 10.1. The van der Waals surface area contributed by atoms with E-state index < -0.39 is 11.8 Å². The van der Waals surface area contributed by atoms with Crippen LogP contribution in [0.3, 0.4) is 0 Å². The molecule has 0 fully saturated rings. The molecule has 0 spiro atoms. The summed E-state index contributed by atoms with van der Waals surface area (Å²) in [7, 11) is 1.56. The predicted molar refractivity (Wildman–Crippen MR) is 134 cm³/mol. The van der Waals surface area contributed by atoms with Gasteiger partial charge in [0.2, 0.25) is 0 Å². The molecule has 0 aliphatic heterocycles. The van der Waals surface area contributed by atoms with E-state index in [0.717, 1.165) is 0 Å². The van der Waals surface area contributed by atoms with Crippen molar-refractivity contribution in [3.8, 4) is 11.5 Å². The van der Waals surface area contributed by atoms with Crippen molar-refractivity contribution in [1.29, 1.82) is 0 Å². The third-order valence-corrected chi connectivity index (χ3v) is 5.25. The fraction of sp³-hybridized carbons (Fsp3) is 0.0833. The van der Waals surface area contributed by atoms with Crippen LogP contribution in [0.15, 0.2) is 71.8 Å². The van der Waals surface area contributed by atoms with Crippen LogP contribution in [0.25, 0.3) is 0 Å². The molecule has 3 aromatic rings. The van der Waals surface area contributed by atoms with E-state index in [9.17, 15) is 14.4 Å². The van der Waals surface area contributed by atoms with E-state index in [1.165, 1.54) is 12.3 Å². The molecule has 0 bridgehead atoms. The molecule has 3 amide bonds. The number of nitrogens with zero attached hydrogens (tertiary/aromatic N) is 1. The van der Waals surface area contributed by atoms with E-state index in [1.54, 1.807) is 67.8 Å². The van der Waals surface area contributed by atoms with Crippen LogP contribution < -0.4 is 25.5 Å². The van der Waals surface area contributed by atoms with Gasteiger partial charge in [0.15, 0.2) is 6.61 Å². The maximum absolute atomic E-state index is 12.2. The number of hydrazone groups is 1. The lowest BCUT2D eigenvalue weighted by Crippen LogP contribution is -2.32. The number of ether oxygens (including phenoxy) is 2. The van der Waals surface area contributed by atoms with Crippen LogP contribution in [0.2, 0.25) is 10.0 Å². The Kier molecular flexibility index (Phi) is 9.05. The highest BCUT2D eigenvalue weighted by atomic mass is 35.5. The summed E-state index contributed by atoms with van der Waals surface area (Å²) in [6.45, 7) is -0.258. The summed E-state index contributed by atoms with van der Waals surface area (Å²) in [6.07, 6.45) is 1.29. The fourth-order valence-corrected chi connectivity index (χ4v) is 3.07. The van der Waals surface area contributed by atoms with Crippen LogP contribution in [-0.4, -0.2) is 37.7 Å². The lowest BCUT2D eigenvalue weighted by molar-refractivity contribution is -0.136. The molecule has 0 aromatic heterocycles. The molecule has 180 valence electrons. The molecule has 0 aliphatic rings. The molecule has 0 aliphatic carbocycles. The van der Waals surface area contributed by atoms with Crippen molar-refractivity contribution in [2.24, 2.45) is 5.10 Å². The number of benzene rings is 3. The lowest BCUT2D eigenvalue weighted by Gasteiger charge is -2.10. The molecule has 0 atom stereocenters. The Hall–Kier alpha value is -4.08. The van der Waals surface area contributed by atoms with Crippen LogP contribution >= 0.6 is 23.2 Å². The van der Waals surface area contributed by atoms with E-state index >= 15 is 0 Å². The summed E-state index contributed by atoms with van der Waals surface area (Å²) in [5, 5.41) is 9.19. The Bertz CT molecular complexity index is 1250. The molecule has 0 heterocycles. The quantitative estimate of drug-likeness (QED) is 0.237. The molecule has 11 heteroatoms. The molecule has 0 radical (unpaired) electrons. The van der Waals surface area contributed by atoms with Gasteiger partial charge in [0.1, 0.15) is 11.5 Å². The van der Waals surface area contributed by atoms with Crippen LogP contribution in [-0.2, 0) is 14.4 Å². The number of hydrogen-bond donors (Lipinski definition) is 3. The molecule has 0 saturated heterocycles. The number of hydrogen-bond acceptors (Lipinski definition) is 6.